The van der Waals surface area contributed by atoms with Crippen LogP contribution in [0.4, 0.5) is 10.4 Å². The van der Waals surface area contributed by atoms with E-state index in [2.05, 4.69) is 0 Å². The van der Waals surface area contributed by atoms with Crippen molar-refractivity contribution in [3.63, 3.8) is 0 Å². The lowest BCUT2D eigenvalue weighted by atomic mass is 10.3. The van der Waals surface area contributed by atoms with Crippen LogP contribution in [0.25, 0.3) is 0 Å². The van der Waals surface area contributed by atoms with Gasteiger partial charge in [-0.05, 0) is 12.1 Å². The van der Waals surface area contributed by atoms with Crippen LogP contribution < -0.4 is 5.73 Å². The third-order valence-electron chi connectivity index (χ3n) is 0.800. The summed E-state index contributed by atoms with van der Waals surface area (Å²) in [5, 5.41) is 0. The minimum absolute atomic E-state index is 0. The van der Waals surface area contributed by atoms with Gasteiger partial charge in [0, 0.05) is 5.69 Å². The van der Waals surface area contributed by atoms with Gasteiger partial charge in [0.25, 0.3) is 0 Å². The summed E-state index contributed by atoms with van der Waals surface area (Å²) in [6.45, 7) is 8.00. The van der Waals surface area contributed by atoms with Gasteiger partial charge in [0.15, 0.2) is 0 Å². The zero-order valence-corrected chi connectivity index (χ0v) is 8.37. The Morgan fingerprint density at radius 3 is 1.33 bits per heavy atom. The van der Waals surface area contributed by atoms with Crippen LogP contribution in [0, 0.1) is 0 Å². The summed E-state index contributed by atoms with van der Waals surface area (Å²) in [6, 6.07) is 9.49. The van der Waals surface area contributed by atoms with Crippen molar-refractivity contribution in [3.05, 3.63) is 30.3 Å². The summed E-state index contributed by atoms with van der Waals surface area (Å²) in [6.07, 6.45) is 0. The lowest BCUT2D eigenvalue weighted by Gasteiger charge is -1.83. The first-order valence-electron chi connectivity index (χ1n) is 4.20. The number of hydrogen-bond donors (Lipinski definition) is 1. The van der Waals surface area contributed by atoms with Crippen LogP contribution in [-0.4, -0.2) is 0 Å². The molecule has 1 aromatic carbocycles. The van der Waals surface area contributed by atoms with Gasteiger partial charge < -0.3 is 5.73 Å². The molecule has 0 aliphatic rings. The highest BCUT2D eigenvalue weighted by Gasteiger charge is 1.72. The van der Waals surface area contributed by atoms with Crippen LogP contribution in [0.1, 0.15) is 27.7 Å². The first-order chi connectivity index (χ1) is 5.39. The highest BCUT2D eigenvalue weighted by molar-refractivity contribution is 5.35. The Morgan fingerprint density at radius 2 is 1.17 bits per heavy atom. The molecular formula is C10H20FN. The Hall–Kier alpha value is -1.05. The molecule has 0 spiro atoms. The molecule has 0 aromatic heterocycles. The minimum atomic E-state index is 0. The van der Waals surface area contributed by atoms with Gasteiger partial charge >= 0.3 is 0 Å². The molecule has 0 saturated carbocycles. The van der Waals surface area contributed by atoms with Gasteiger partial charge in [-0.3, -0.25) is 4.70 Å². The van der Waals surface area contributed by atoms with E-state index < -0.39 is 0 Å². The molecule has 0 heterocycles. The Bertz CT molecular complexity index is 140. The summed E-state index contributed by atoms with van der Waals surface area (Å²) in [5.74, 6) is 0. The molecule has 0 amide bonds. The molecule has 1 rings (SSSR count). The maximum absolute atomic E-state index is 5.36. The van der Waals surface area contributed by atoms with Crippen LogP contribution in [0.2, 0.25) is 0 Å². The number of halogens is 1. The summed E-state index contributed by atoms with van der Waals surface area (Å²) in [7, 11) is 0. The van der Waals surface area contributed by atoms with Crippen molar-refractivity contribution in [2.24, 2.45) is 0 Å². The summed E-state index contributed by atoms with van der Waals surface area (Å²) in [5.41, 5.74) is 6.18. The zero-order valence-electron chi connectivity index (χ0n) is 8.37. The first-order valence-corrected chi connectivity index (χ1v) is 4.20. The van der Waals surface area contributed by atoms with E-state index in [1.807, 2.05) is 58.0 Å². The molecule has 0 saturated heterocycles. The van der Waals surface area contributed by atoms with Crippen molar-refractivity contribution >= 4 is 5.69 Å². The second kappa shape index (κ2) is 16.5. The van der Waals surface area contributed by atoms with Crippen LogP contribution in [0.15, 0.2) is 30.3 Å². The van der Waals surface area contributed by atoms with Gasteiger partial charge in [-0.15, -0.1) is 0 Å². The van der Waals surface area contributed by atoms with E-state index >= 15 is 0 Å². The smallest absolute Gasteiger partial charge is 0.0313 e. The molecule has 72 valence electrons. The molecule has 2 heteroatoms. The molecule has 0 atom stereocenters. The average molecular weight is 173 g/mol. The van der Waals surface area contributed by atoms with Crippen LogP contribution >= 0.6 is 0 Å². The van der Waals surface area contributed by atoms with Crippen molar-refractivity contribution in [3.8, 4) is 0 Å². The fourth-order valence-electron chi connectivity index (χ4n) is 0.453. The Kier molecular flexibility index (Phi) is 23.6. The Balaban J connectivity index is -0.000000144. The molecule has 1 aromatic rings. The predicted molar refractivity (Wildman–Crippen MR) is 56.1 cm³/mol. The SMILES string of the molecule is CC.CC.F.Nc1ccccc1. The minimum Gasteiger partial charge on any atom is -0.399 e. The number of nitrogens with two attached hydrogens (primary N) is 1. The van der Waals surface area contributed by atoms with Crippen LogP contribution in [0.5, 0.6) is 0 Å². The number of para-hydroxylation sites is 1. The number of benzene rings is 1. The Morgan fingerprint density at radius 1 is 0.833 bits per heavy atom. The third kappa shape index (κ3) is 11.7. The van der Waals surface area contributed by atoms with E-state index in [1.165, 1.54) is 0 Å². The van der Waals surface area contributed by atoms with Crippen molar-refractivity contribution in [2.75, 3.05) is 5.73 Å². The fraction of sp³-hybridized carbons (Fsp3) is 0.400. The maximum Gasteiger partial charge on any atom is 0.0313 e. The molecule has 1 nitrogen and oxygen atoms in total. The molecule has 12 heavy (non-hydrogen) atoms. The molecule has 0 fully saturated rings. The van der Waals surface area contributed by atoms with Crippen molar-refractivity contribution in [2.45, 2.75) is 27.7 Å². The quantitative estimate of drug-likeness (QED) is 0.597. The van der Waals surface area contributed by atoms with E-state index in [9.17, 15) is 0 Å². The van der Waals surface area contributed by atoms with Crippen molar-refractivity contribution < 1.29 is 4.70 Å². The standard InChI is InChI=1S/C6H7N.2C2H6.FH/c7-6-4-2-1-3-5-6;2*1-2;/h1-5H,7H2;2*1-2H3;1H. The molecule has 0 unspecified atom stereocenters. The summed E-state index contributed by atoms with van der Waals surface area (Å²) < 4.78 is 0. The van der Waals surface area contributed by atoms with E-state index in [1.54, 1.807) is 0 Å². The van der Waals surface area contributed by atoms with Gasteiger partial charge in [0.1, 0.15) is 0 Å². The molecule has 0 bridgehead atoms. The van der Waals surface area contributed by atoms with Gasteiger partial charge in [-0.2, -0.15) is 0 Å². The number of nitrogen functional groups attached to an aromatic ring is 1. The van der Waals surface area contributed by atoms with E-state index in [0.29, 0.717) is 0 Å². The lowest BCUT2D eigenvalue weighted by molar-refractivity contribution is 1.11. The first kappa shape index (κ1) is 17.2. The third-order valence-corrected chi connectivity index (χ3v) is 0.800. The number of hydrogen-bond acceptors (Lipinski definition) is 1. The van der Waals surface area contributed by atoms with Gasteiger partial charge in [0.05, 0.1) is 0 Å². The lowest BCUT2D eigenvalue weighted by Crippen LogP contribution is -1.79. The second-order valence-corrected chi connectivity index (χ2v) is 1.41. The molecular weight excluding hydrogens is 153 g/mol. The van der Waals surface area contributed by atoms with Gasteiger partial charge in [-0.1, -0.05) is 45.9 Å². The van der Waals surface area contributed by atoms with Gasteiger partial charge in [-0.25, -0.2) is 0 Å². The average Bonchev–Trinajstić information content (AvgIpc) is 2.13. The second-order valence-electron chi connectivity index (χ2n) is 1.41. The normalized spacial score (nSPS) is 6.00. The predicted octanol–water partition coefficient (Wildman–Crippen LogP) is 3.47. The van der Waals surface area contributed by atoms with E-state index in [-0.39, 0.29) is 4.70 Å². The van der Waals surface area contributed by atoms with Crippen molar-refractivity contribution in [1.29, 1.82) is 0 Å². The summed E-state index contributed by atoms with van der Waals surface area (Å²) >= 11 is 0. The fourth-order valence-corrected chi connectivity index (χ4v) is 0.453. The van der Waals surface area contributed by atoms with Crippen LogP contribution in [0.3, 0.4) is 0 Å². The topological polar surface area (TPSA) is 26.0 Å². The Labute approximate surface area is 75.0 Å². The highest BCUT2D eigenvalue weighted by atomic mass is 19.0. The molecule has 0 aliphatic heterocycles. The van der Waals surface area contributed by atoms with Crippen molar-refractivity contribution in [1.82, 2.24) is 0 Å². The monoisotopic (exact) mass is 173 g/mol. The van der Waals surface area contributed by atoms with Gasteiger partial charge in [0.2, 0.25) is 0 Å². The van der Waals surface area contributed by atoms with E-state index in [0.717, 1.165) is 5.69 Å². The maximum atomic E-state index is 5.36. The zero-order chi connectivity index (χ0) is 9.11. The molecule has 2 N–H and O–H groups in total. The summed E-state index contributed by atoms with van der Waals surface area (Å²) in [4.78, 5) is 0. The molecule has 0 radical (unpaired) electrons. The van der Waals surface area contributed by atoms with Crippen LogP contribution in [-0.2, 0) is 0 Å². The number of anilines is 1. The number of rotatable bonds is 0. The van der Waals surface area contributed by atoms with E-state index in [4.69, 9.17) is 5.73 Å². The largest absolute Gasteiger partial charge is 0.399 e. The highest BCUT2D eigenvalue weighted by Crippen LogP contribution is 1.95. The molecule has 0 aliphatic carbocycles.